The van der Waals surface area contributed by atoms with Gasteiger partial charge in [0.15, 0.2) is 11.2 Å². The summed E-state index contributed by atoms with van der Waals surface area (Å²) in [5, 5.41) is 13.3. The second-order valence-corrected chi connectivity index (χ2v) is 11.9. The minimum atomic E-state index is -1.11. The Morgan fingerprint density at radius 1 is 0.675 bits per heavy atom. The van der Waals surface area contributed by atoms with Crippen molar-refractivity contribution >= 4 is 11.8 Å². The fourth-order valence-electron chi connectivity index (χ4n) is 4.51. The van der Waals surface area contributed by atoms with Gasteiger partial charge in [-0.2, -0.15) is 0 Å². The van der Waals surface area contributed by atoms with E-state index in [0.717, 1.165) is 11.1 Å². The topological polar surface area (TPSA) is 101 Å². The Labute approximate surface area is 240 Å². The molecule has 8 heteroatoms. The first-order valence-corrected chi connectivity index (χ1v) is 14.4. The maximum Gasteiger partial charge on any atom is 0.253 e. The first kappa shape index (κ1) is 31.7. The summed E-state index contributed by atoms with van der Waals surface area (Å²) < 4.78 is 12.6. The maximum atomic E-state index is 13.7. The SMILES string of the molecule is CC(C)[C@@H]1CNC[C@](C)(OCc2ccccc2)C(=O)N[C@H](C(C)C)CNC[C@](C)(OCc2ccccc2)C(=O)N1. The van der Waals surface area contributed by atoms with E-state index in [4.69, 9.17) is 9.47 Å². The van der Waals surface area contributed by atoms with Crippen molar-refractivity contribution in [3.63, 3.8) is 0 Å². The molecule has 0 aliphatic carbocycles. The summed E-state index contributed by atoms with van der Waals surface area (Å²) in [4.78, 5) is 27.4. The predicted molar refractivity (Wildman–Crippen MR) is 159 cm³/mol. The van der Waals surface area contributed by atoms with E-state index in [0.29, 0.717) is 39.4 Å². The maximum absolute atomic E-state index is 13.7. The third-order valence-electron chi connectivity index (χ3n) is 7.66. The average Bonchev–Trinajstić information content (AvgIpc) is 2.94. The molecule has 0 radical (unpaired) electrons. The van der Waals surface area contributed by atoms with E-state index in [1.165, 1.54) is 0 Å². The van der Waals surface area contributed by atoms with Crippen LogP contribution in [0.15, 0.2) is 60.7 Å². The van der Waals surface area contributed by atoms with Gasteiger partial charge in [-0.05, 0) is 36.8 Å². The molecule has 0 spiro atoms. The Morgan fingerprint density at radius 3 is 1.35 bits per heavy atom. The molecule has 1 aliphatic heterocycles. The number of ether oxygens (including phenoxy) is 2. The molecule has 8 nitrogen and oxygen atoms in total. The fourth-order valence-corrected chi connectivity index (χ4v) is 4.51. The van der Waals surface area contributed by atoms with Crippen molar-refractivity contribution in [1.82, 2.24) is 21.3 Å². The largest absolute Gasteiger partial charge is 0.359 e. The highest BCUT2D eigenvalue weighted by atomic mass is 16.5. The van der Waals surface area contributed by atoms with Gasteiger partial charge in [-0.15, -0.1) is 0 Å². The molecular formula is C32H48N4O4. The number of nitrogens with one attached hydrogen (secondary N) is 4. The quantitative estimate of drug-likeness (QED) is 0.401. The lowest BCUT2D eigenvalue weighted by Crippen LogP contribution is -2.62. The van der Waals surface area contributed by atoms with Crippen molar-refractivity contribution in [1.29, 1.82) is 0 Å². The molecule has 4 N–H and O–H groups in total. The Bertz CT molecular complexity index is 980. The van der Waals surface area contributed by atoms with Crippen LogP contribution in [0.4, 0.5) is 0 Å². The summed E-state index contributed by atoms with van der Waals surface area (Å²) in [6.07, 6.45) is 0. The summed E-state index contributed by atoms with van der Waals surface area (Å²) in [5.74, 6) is -0.0129. The lowest BCUT2D eigenvalue weighted by Gasteiger charge is -2.36. The van der Waals surface area contributed by atoms with Gasteiger partial charge in [0.1, 0.15) is 0 Å². The number of carbonyl (C=O) groups is 2. The van der Waals surface area contributed by atoms with Crippen molar-refractivity contribution in [3.8, 4) is 0 Å². The van der Waals surface area contributed by atoms with Gasteiger partial charge in [0.05, 0.1) is 13.2 Å². The molecule has 4 atom stereocenters. The predicted octanol–water partition coefficient (Wildman–Crippen LogP) is 3.41. The van der Waals surface area contributed by atoms with Crippen LogP contribution in [0.2, 0.25) is 0 Å². The van der Waals surface area contributed by atoms with Crippen LogP contribution >= 0.6 is 0 Å². The Kier molecular flexibility index (Phi) is 11.7. The number of rotatable bonds is 8. The van der Waals surface area contributed by atoms with Crippen LogP contribution < -0.4 is 21.3 Å². The van der Waals surface area contributed by atoms with Gasteiger partial charge in [-0.25, -0.2) is 0 Å². The van der Waals surface area contributed by atoms with Crippen LogP contribution in [-0.2, 0) is 32.3 Å². The molecule has 2 aromatic carbocycles. The van der Waals surface area contributed by atoms with Crippen molar-refractivity contribution in [2.24, 2.45) is 11.8 Å². The molecule has 2 amide bonds. The summed E-state index contributed by atoms with van der Waals surface area (Å²) in [5.41, 5.74) is -0.210. The smallest absolute Gasteiger partial charge is 0.253 e. The van der Waals surface area contributed by atoms with Crippen LogP contribution in [0.5, 0.6) is 0 Å². The lowest BCUT2D eigenvalue weighted by atomic mass is 9.97. The molecular weight excluding hydrogens is 504 g/mol. The summed E-state index contributed by atoms with van der Waals surface area (Å²) in [6.45, 7) is 14.1. The van der Waals surface area contributed by atoms with Gasteiger partial charge in [0, 0.05) is 38.3 Å². The van der Waals surface area contributed by atoms with Crippen LogP contribution in [0.25, 0.3) is 0 Å². The molecule has 3 rings (SSSR count). The third-order valence-corrected chi connectivity index (χ3v) is 7.66. The first-order chi connectivity index (χ1) is 19.0. The minimum Gasteiger partial charge on any atom is -0.359 e. The van der Waals surface area contributed by atoms with E-state index in [-0.39, 0.29) is 35.7 Å². The van der Waals surface area contributed by atoms with Crippen LogP contribution in [-0.4, -0.2) is 61.3 Å². The molecule has 0 bridgehead atoms. The highest BCUT2D eigenvalue weighted by molar-refractivity contribution is 5.86. The zero-order valence-corrected chi connectivity index (χ0v) is 25.0. The normalized spacial score (nSPS) is 27.2. The Morgan fingerprint density at radius 2 is 1.02 bits per heavy atom. The molecule has 1 heterocycles. The molecule has 0 saturated carbocycles. The molecule has 1 fully saturated rings. The highest BCUT2D eigenvalue weighted by Gasteiger charge is 2.39. The van der Waals surface area contributed by atoms with E-state index in [1.807, 2.05) is 74.5 Å². The molecule has 40 heavy (non-hydrogen) atoms. The lowest BCUT2D eigenvalue weighted by molar-refractivity contribution is -0.149. The number of carbonyl (C=O) groups excluding carboxylic acids is 2. The third kappa shape index (κ3) is 9.13. The van der Waals surface area contributed by atoms with Gasteiger partial charge in [-0.1, -0.05) is 88.4 Å². The van der Waals surface area contributed by atoms with Crippen molar-refractivity contribution in [2.45, 2.75) is 78.0 Å². The number of benzene rings is 2. The van der Waals surface area contributed by atoms with Crippen LogP contribution in [0.1, 0.15) is 52.7 Å². The Balaban J connectivity index is 1.81. The summed E-state index contributed by atoms with van der Waals surface area (Å²) in [6, 6.07) is 19.4. The van der Waals surface area contributed by atoms with Crippen LogP contribution in [0, 0.1) is 11.8 Å². The van der Waals surface area contributed by atoms with E-state index in [1.54, 1.807) is 0 Å². The summed E-state index contributed by atoms with van der Waals surface area (Å²) >= 11 is 0. The van der Waals surface area contributed by atoms with Gasteiger partial charge in [0.25, 0.3) is 11.8 Å². The number of amides is 2. The molecule has 1 saturated heterocycles. The van der Waals surface area contributed by atoms with Crippen molar-refractivity contribution in [3.05, 3.63) is 71.8 Å². The second-order valence-electron chi connectivity index (χ2n) is 11.9. The second kappa shape index (κ2) is 14.7. The van der Waals surface area contributed by atoms with E-state index < -0.39 is 11.2 Å². The van der Waals surface area contributed by atoms with Crippen LogP contribution in [0.3, 0.4) is 0 Å². The van der Waals surface area contributed by atoms with Gasteiger partial charge in [-0.3, -0.25) is 9.59 Å². The molecule has 220 valence electrons. The highest BCUT2D eigenvalue weighted by Crippen LogP contribution is 2.18. The number of hydrogen-bond acceptors (Lipinski definition) is 6. The molecule has 2 aromatic rings. The van der Waals surface area contributed by atoms with Gasteiger partial charge < -0.3 is 30.7 Å². The zero-order valence-electron chi connectivity index (χ0n) is 25.0. The van der Waals surface area contributed by atoms with Crippen molar-refractivity contribution in [2.75, 3.05) is 26.2 Å². The minimum absolute atomic E-state index is 0.159. The van der Waals surface area contributed by atoms with E-state index >= 15 is 0 Å². The first-order valence-electron chi connectivity index (χ1n) is 14.4. The molecule has 0 aromatic heterocycles. The Hall–Kier alpha value is -2.78. The average molecular weight is 553 g/mol. The van der Waals surface area contributed by atoms with E-state index in [2.05, 4.69) is 49.0 Å². The molecule has 0 unspecified atom stereocenters. The van der Waals surface area contributed by atoms with E-state index in [9.17, 15) is 9.59 Å². The molecule has 1 aliphatic rings. The van der Waals surface area contributed by atoms with Gasteiger partial charge in [0.2, 0.25) is 0 Å². The van der Waals surface area contributed by atoms with Crippen molar-refractivity contribution < 1.29 is 19.1 Å². The van der Waals surface area contributed by atoms with Gasteiger partial charge >= 0.3 is 0 Å². The number of hydrogen-bond donors (Lipinski definition) is 4. The summed E-state index contributed by atoms with van der Waals surface area (Å²) in [7, 11) is 0. The monoisotopic (exact) mass is 552 g/mol. The fraction of sp³-hybridized carbons (Fsp3) is 0.562. The zero-order chi connectivity index (χ0) is 29.2. The standard InChI is InChI=1S/C32H48N4O4/c1-23(2)27-17-33-21-32(6,40-20-26-15-11-8-12-16-26)30(38)36-28(24(3)4)18-34-22-31(5,29(37)35-27)39-19-25-13-9-7-10-14-25/h7-16,23-24,27-28,33-34H,17-22H2,1-6H3,(H,35,37)(H,36,38)/t27-,28-,31-,32-/m0/s1.